The second-order valence-corrected chi connectivity index (χ2v) is 10.5. The number of amides is 5. The maximum atomic E-state index is 15.5. The molecule has 15 heteroatoms. The number of carbonyl (C=O) groups excluding carboxylic acids is 4. The molecule has 4 atom stereocenters. The van der Waals surface area contributed by atoms with Crippen LogP contribution in [0.3, 0.4) is 0 Å². The van der Waals surface area contributed by atoms with Gasteiger partial charge in [-0.25, -0.2) is 18.5 Å². The number of alkyl halides is 4. The van der Waals surface area contributed by atoms with Crippen molar-refractivity contribution in [3.8, 4) is 11.1 Å². The van der Waals surface area contributed by atoms with E-state index in [1.54, 1.807) is 0 Å². The van der Waals surface area contributed by atoms with E-state index < -0.39 is 65.8 Å². The summed E-state index contributed by atoms with van der Waals surface area (Å²) in [7, 11) is 0. The van der Waals surface area contributed by atoms with Crippen molar-refractivity contribution in [2.75, 3.05) is 0 Å². The Kier molecular flexibility index (Phi) is 7.44. The number of nitrogens with zero attached hydrogens (tertiary/aromatic N) is 3. The SMILES string of the molecule is C[C@@H](C(C(=O)NCc1ccc(F)cc1)N1C(=O)NC2(CC(F)c3cc(-c4cnn(CC(N)=O)c4)ccc32)C1=O)C(F)(F)F. The molecule has 0 bridgehead atoms. The van der Waals surface area contributed by atoms with Crippen LogP contribution in [0.25, 0.3) is 11.1 Å². The van der Waals surface area contributed by atoms with Gasteiger partial charge in [0.1, 0.15) is 30.1 Å². The third kappa shape index (κ3) is 5.42. The molecule has 2 heterocycles. The van der Waals surface area contributed by atoms with Gasteiger partial charge in [0, 0.05) is 24.7 Å². The number of rotatable bonds is 8. The zero-order valence-corrected chi connectivity index (χ0v) is 22.5. The molecular weight excluding hydrogens is 579 g/mol. The normalized spacial score (nSPS) is 21.1. The summed E-state index contributed by atoms with van der Waals surface area (Å²) in [6.45, 7) is 0.174. The van der Waals surface area contributed by atoms with Gasteiger partial charge < -0.3 is 16.4 Å². The highest BCUT2D eigenvalue weighted by atomic mass is 19.4. The van der Waals surface area contributed by atoms with Crippen LogP contribution in [0.2, 0.25) is 0 Å². The Balaban J connectivity index is 1.45. The Hall–Kier alpha value is -4.82. The van der Waals surface area contributed by atoms with E-state index in [-0.39, 0.29) is 29.1 Å². The van der Waals surface area contributed by atoms with Crippen LogP contribution in [0.1, 0.15) is 36.2 Å². The molecule has 2 aromatic carbocycles. The van der Waals surface area contributed by atoms with E-state index >= 15 is 4.39 Å². The fraction of sp³-hybridized carbons (Fsp3) is 0.321. The van der Waals surface area contributed by atoms with Gasteiger partial charge in [0.05, 0.1) is 12.1 Å². The molecule has 1 aliphatic carbocycles. The second-order valence-electron chi connectivity index (χ2n) is 10.5. The third-order valence-corrected chi connectivity index (χ3v) is 7.66. The Bertz CT molecular complexity index is 1610. The largest absolute Gasteiger partial charge is 0.394 e. The van der Waals surface area contributed by atoms with E-state index in [0.29, 0.717) is 23.6 Å². The van der Waals surface area contributed by atoms with E-state index in [9.17, 15) is 36.7 Å². The van der Waals surface area contributed by atoms with Crippen molar-refractivity contribution < 1.29 is 41.1 Å². The van der Waals surface area contributed by atoms with Gasteiger partial charge in [-0.1, -0.05) is 31.2 Å². The predicted molar refractivity (Wildman–Crippen MR) is 140 cm³/mol. The summed E-state index contributed by atoms with van der Waals surface area (Å²) < 4.78 is 71.8. The average Bonchev–Trinajstić information content (AvgIpc) is 3.58. The number of primary amides is 1. The van der Waals surface area contributed by atoms with E-state index in [4.69, 9.17) is 5.73 Å². The predicted octanol–water partition coefficient (Wildman–Crippen LogP) is 3.22. The van der Waals surface area contributed by atoms with Crippen LogP contribution in [0, 0.1) is 11.7 Å². The Morgan fingerprint density at radius 3 is 2.51 bits per heavy atom. The number of hydrogen-bond acceptors (Lipinski definition) is 5. The number of benzene rings is 2. The highest BCUT2D eigenvalue weighted by Gasteiger charge is 2.62. The van der Waals surface area contributed by atoms with E-state index in [1.165, 1.54) is 47.4 Å². The minimum Gasteiger partial charge on any atom is -0.368 e. The van der Waals surface area contributed by atoms with Crippen LogP contribution < -0.4 is 16.4 Å². The van der Waals surface area contributed by atoms with Gasteiger partial charge in [0.15, 0.2) is 0 Å². The molecule has 2 aliphatic rings. The molecule has 0 radical (unpaired) electrons. The molecule has 1 saturated heterocycles. The average molecular weight is 605 g/mol. The fourth-order valence-corrected chi connectivity index (χ4v) is 5.45. The van der Waals surface area contributed by atoms with Crippen LogP contribution in [0.5, 0.6) is 0 Å². The van der Waals surface area contributed by atoms with Gasteiger partial charge in [-0.15, -0.1) is 0 Å². The lowest BCUT2D eigenvalue weighted by Crippen LogP contribution is -2.56. The zero-order chi connectivity index (χ0) is 31.3. The number of urea groups is 1. The molecule has 1 aliphatic heterocycles. The molecule has 1 spiro atoms. The number of nitrogens with one attached hydrogen (secondary N) is 2. The minimum atomic E-state index is -4.99. The minimum absolute atomic E-state index is 0.0248. The smallest absolute Gasteiger partial charge is 0.368 e. The molecular formula is C28H25F5N6O4. The first kappa shape index (κ1) is 29.7. The van der Waals surface area contributed by atoms with Crippen molar-refractivity contribution >= 4 is 23.8 Å². The topological polar surface area (TPSA) is 139 Å². The Morgan fingerprint density at radius 1 is 1.16 bits per heavy atom. The van der Waals surface area contributed by atoms with Crippen LogP contribution >= 0.6 is 0 Å². The van der Waals surface area contributed by atoms with Gasteiger partial charge in [0.25, 0.3) is 5.91 Å². The summed E-state index contributed by atoms with van der Waals surface area (Å²) in [5, 5.41) is 8.67. The van der Waals surface area contributed by atoms with Crippen LogP contribution in [0.4, 0.5) is 26.7 Å². The molecule has 3 unspecified atom stereocenters. The number of aromatic nitrogens is 2. The fourth-order valence-electron chi connectivity index (χ4n) is 5.45. The highest BCUT2D eigenvalue weighted by Crippen LogP contribution is 2.50. The van der Waals surface area contributed by atoms with Gasteiger partial charge >= 0.3 is 12.2 Å². The maximum absolute atomic E-state index is 15.5. The number of nitrogens with two attached hydrogens (primary N) is 1. The number of fused-ring (bicyclic) bond motifs is 2. The summed E-state index contributed by atoms with van der Waals surface area (Å²) in [6.07, 6.45) is -4.45. The van der Waals surface area contributed by atoms with E-state index in [1.807, 2.05) is 0 Å². The third-order valence-electron chi connectivity index (χ3n) is 7.66. The number of halogens is 5. The first-order chi connectivity index (χ1) is 20.2. The van der Waals surface area contributed by atoms with Crippen LogP contribution in [-0.4, -0.2) is 50.7 Å². The molecule has 5 amide bonds. The Labute approximate surface area is 241 Å². The van der Waals surface area contributed by atoms with Gasteiger partial charge in [0.2, 0.25) is 11.8 Å². The standard InChI is InChI=1S/C28H25F5N6O4/c1-14(28(31,32)33)23(24(41)35-10-15-2-5-18(29)6-3-15)39-25(42)27(37-26(39)43)9-21(30)19-8-16(4-7-20(19)27)17-11-36-38(12-17)13-22(34)40/h2-8,11-12,14,21,23H,9-10,13H2,1H3,(H2,34,40)(H,35,41)(H,37,43)/t14-,21?,23?,27?/m0/s1. The van der Waals surface area contributed by atoms with Crippen molar-refractivity contribution in [1.82, 2.24) is 25.3 Å². The van der Waals surface area contributed by atoms with Gasteiger partial charge in [-0.2, -0.15) is 18.3 Å². The van der Waals surface area contributed by atoms with E-state index in [2.05, 4.69) is 15.7 Å². The quantitative estimate of drug-likeness (QED) is 0.268. The summed E-state index contributed by atoms with van der Waals surface area (Å²) in [6, 6.07) is 5.55. The van der Waals surface area contributed by atoms with E-state index in [0.717, 1.165) is 12.1 Å². The first-order valence-corrected chi connectivity index (χ1v) is 13.1. The first-order valence-electron chi connectivity index (χ1n) is 13.1. The summed E-state index contributed by atoms with van der Waals surface area (Å²) in [5.74, 6) is -6.13. The zero-order valence-electron chi connectivity index (χ0n) is 22.5. The number of hydrogen-bond donors (Lipinski definition) is 3. The second kappa shape index (κ2) is 10.8. The van der Waals surface area contributed by atoms with Crippen molar-refractivity contribution in [2.45, 2.75) is 50.4 Å². The monoisotopic (exact) mass is 604 g/mol. The van der Waals surface area contributed by atoms with Crippen LogP contribution in [-0.2, 0) is 33.0 Å². The molecule has 226 valence electrons. The lowest BCUT2D eigenvalue weighted by atomic mass is 9.89. The van der Waals surface area contributed by atoms with Crippen molar-refractivity contribution in [2.24, 2.45) is 11.7 Å². The van der Waals surface area contributed by atoms with Gasteiger partial charge in [-0.05, 0) is 40.5 Å². The number of carbonyl (C=O) groups is 4. The summed E-state index contributed by atoms with van der Waals surface area (Å²) in [5.41, 5.74) is 4.53. The Morgan fingerprint density at radius 2 is 1.86 bits per heavy atom. The maximum Gasteiger partial charge on any atom is 0.394 e. The number of imide groups is 1. The van der Waals surface area contributed by atoms with Crippen molar-refractivity contribution in [1.29, 1.82) is 0 Å². The molecule has 3 aromatic rings. The highest BCUT2D eigenvalue weighted by molar-refractivity contribution is 6.11. The molecule has 1 aromatic heterocycles. The molecule has 10 nitrogen and oxygen atoms in total. The molecule has 1 fully saturated rings. The molecule has 4 N–H and O–H groups in total. The lowest BCUT2D eigenvalue weighted by molar-refractivity contribution is -0.188. The van der Waals surface area contributed by atoms with Crippen molar-refractivity contribution in [3.05, 3.63) is 77.4 Å². The molecule has 5 rings (SSSR count). The summed E-state index contributed by atoms with van der Waals surface area (Å²) in [4.78, 5) is 51.5. The van der Waals surface area contributed by atoms with Gasteiger partial charge in [-0.3, -0.25) is 19.1 Å². The van der Waals surface area contributed by atoms with Crippen LogP contribution in [0.15, 0.2) is 54.9 Å². The molecule has 0 saturated carbocycles. The van der Waals surface area contributed by atoms with Crippen molar-refractivity contribution in [3.63, 3.8) is 0 Å². The lowest BCUT2D eigenvalue weighted by Gasteiger charge is -2.31. The summed E-state index contributed by atoms with van der Waals surface area (Å²) >= 11 is 0. The molecule has 43 heavy (non-hydrogen) atoms.